The lowest BCUT2D eigenvalue weighted by Gasteiger charge is -2.21. The number of Topliss-reactive ketones (excluding diaryl/α,β-unsaturated/α-hetero) is 1. The molecule has 0 radical (unpaired) electrons. The number of carbonyl (C=O) groups is 1. The number of alkyl halides is 3. The van der Waals surface area contributed by atoms with Gasteiger partial charge in [0, 0.05) is 18.1 Å². The van der Waals surface area contributed by atoms with Gasteiger partial charge in [-0.15, -0.1) is 13.2 Å². The van der Waals surface area contributed by atoms with Crippen molar-refractivity contribution in [2.45, 2.75) is 32.5 Å². The highest BCUT2D eigenvalue weighted by molar-refractivity contribution is 5.95. The summed E-state index contributed by atoms with van der Waals surface area (Å²) in [6.07, 6.45) is -4.71. The predicted octanol–water partition coefficient (Wildman–Crippen LogP) is 5.35. The number of hydrogen-bond donors (Lipinski definition) is 1. The van der Waals surface area contributed by atoms with Crippen LogP contribution in [0.25, 0.3) is 11.4 Å². The Balaban J connectivity index is 1.83. The zero-order chi connectivity index (χ0) is 22.6. The molecule has 0 spiro atoms. The van der Waals surface area contributed by atoms with Crippen molar-refractivity contribution in [2.75, 3.05) is 0 Å². The number of ether oxygens (including phenoxy) is 1. The SMILES string of the molecule is CC(C)[C@@H](CC(=O)c1cc(=O)[nH]c(-c2ccccc2)n1)c1ccc(OC(F)(F)F)cc1. The first-order chi connectivity index (χ1) is 14.6. The number of rotatable bonds is 7. The number of aromatic nitrogens is 2. The van der Waals surface area contributed by atoms with Gasteiger partial charge < -0.3 is 9.72 Å². The van der Waals surface area contributed by atoms with Crippen molar-refractivity contribution >= 4 is 5.78 Å². The second kappa shape index (κ2) is 9.16. The van der Waals surface area contributed by atoms with Crippen molar-refractivity contribution in [3.63, 3.8) is 0 Å². The molecule has 5 nitrogen and oxygen atoms in total. The molecule has 1 atom stereocenters. The Morgan fingerprint density at radius 3 is 2.29 bits per heavy atom. The maximum atomic E-state index is 12.9. The van der Waals surface area contributed by atoms with E-state index < -0.39 is 11.9 Å². The second-order valence-corrected chi connectivity index (χ2v) is 7.44. The molecule has 3 aromatic rings. The highest BCUT2D eigenvalue weighted by atomic mass is 19.4. The highest BCUT2D eigenvalue weighted by Gasteiger charge is 2.31. The molecule has 1 heterocycles. The molecule has 0 aliphatic carbocycles. The summed E-state index contributed by atoms with van der Waals surface area (Å²) in [6, 6.07) is 15.6. The summed E-state index contributed by atoms with van der Waals surface area (Å²) < 4.78 is 41.0. The summed E-state index contributed by atoms with van der Waals surface area (Å²) in [4.78, 5) is 32.0. The lowest BCUT2D eigenvalue weighted by Crippen LogP contribution is -2.18. The van der Waals surface area contributed by atoms with E-state index in [0.717, 1.165) is 6.07 Å². The molecule has 0 saturated carbocycles. The van der Waals surface area contributed by atoms with Crippen LogP contribution < -0.4 is 10.3 Å². The van der Waals surface area contributed by atoms with E-state index in [1.807, 2.05) is 19.9 Å². The fourth-order valence-electron chi connectivity index (χ4n) is 3.29. The van der Waals surface area contributed by atoms with Crippen molar-refractivity contribution in [3.05, 3.63) is 82.3 Å². The van der Waals surface area contributed by atoms with Gasteiger partial charge in [-0.1, -0.05) is 56.3 Å². The fourth-order valence-corrected chi connectivity index (χ4v) is 3.29. The smallest absolute Gasteiger partial charge is 0.406 e. The van der Waals surface area contributed by atoms with Crippen LogP contribution in [0, 0.1) is 5.92 Å². The zero-order valence-electron chi connectivity index (χ0n) is 16.9. The Morgan fingerprint density at radius 2 is 1.71 bits per heavy atom. The first-order valence-electron chi connectivity index (χ1n) is 9.68. The molecule has 1 aromatic heterocycles. The van der Waals surface area contributed by atoms with Crippen molar-refractivity contribution in [3.8, 4) is 17.1 Å². The number of nitrogens with zero attached hydrogens (tertiary/aromatic N) is 1. The Labute approximate surface area is 176 Å². The normalized spacial score (nSPS) is 12.6. The Hall–Kier alpha value is -3.42. The minimum absolute atomic E-state index is 0.0222. The number of nitrogens with one attached hydrogen (secondary N) is 1. The van der Waals surface area contributed by atoms with Gasteiger partial charge in [0.2, 0.25) is 0 Å². The summed E-state index contributed by atoms with van der Waals surface area (Å²) in [7, 11) is 0. The maximum absolute atomic E-state index is 12.9. The van der Waals surface area contributed by atoms with Crippen LogP contribution in [0.5, 0.6) is 5.75 Å². The van der Waals surface area contributed by atoms with Crippen LogP contribution >= 0.6 is 0 Å². The largest absolute Gasteiger partial charge is 0.573 e. The summed E-state index contributed by atoms with van der Waals surface area (Å²) in [5.74, 6) is -0.597. The van der Waals surface area contributed by atoms with Gasteiger partial charge in [0.05, 0.1) is 0 Å². The molecule has 0 fully saturated rings. The third-order valence-corrected chi connectivity index (χ3v) is 4.83. The van der Waals surface area contributed by atoms with E-state index in [1.165, 1.54) is 24.3 Å². The van der Waals surface area contributed by atoms with Gasteiger partial charge in [-0.2, -0.15) is 0 Å². The van der Waals surface area contributed by atoms with E-state index >= 15 is 0 Å². The van der Waals surface area contributed by atoms with E-state index in [1.54, 1.807) is 24.3 Å². The molecule has 3 rings (SSSR count). The van der Waals surface area contributed by atoms with Crippen LogP contribution in [0.3, 0.4) is 0 Å². The predicted molar refractivity (Wildman–Crippen MR) is 110 cm³/mol. The average molecular weight is 430 g/mol. The van der Waals surface area contributed by atoms with E-state index in [0.29, 0.717) is 17.0 Å². The van der Waals surface area contributed by atoms with Crippen LogP contribution in [0.4, 0.5) is 13.2 Å². The van der Waals surface area contributed by atoms with E-state index in [9.17, 15) is 22.8 Å². The molecule has 2 aromatic carbocycles. The van der Waals surface area contributed by atoms with Crippen LogP contribution in [-0.4, -0.2) is 22.1 Å². The molecule has 1 N–H and O–H groups in total. The third-order valence-electron chi connectivity index (χ3n) is 4.83. The Kier molecular flexibility index (Phi) is 6.58. The molecular weight excluding hydrogens is 409 g/mol. The summed E-state index contributed by atoms with van der Waals surface area (Å²) in [5, 5.41) is 0. The summed E-state index contributed by atoms with van der Waals surface area (Å²) >= 11 is 0. The third kappa shape index (κ3) is 6.04. The Bertz CT molecular complexity index is 1090. The number of benzene rings is 2. The molecule has 31 heavy (non-hydrogen) atoms. The quantitative estimate of drug-likeness (QED) is 0.513. The standard InChI is InChI=1S/C23H21F3N2O3/c1-14(2)18(15-8-10-17(11-9-15)31-23(24,25)26)12-20(29)19-13-21(30)28-22(27-19)16-6-4-3-5-7-16/h3-11,13-14,18H,12H2,1-2H3,(H,27,28,30)/t18-/m1/s1. The zero-order valence-corrected chi connectivity index (χ0v) is 16.9. The molecule has 0 saturated heterocycles. The minimum Gasteiger partial charge on any atom is -0.406 e. The topological polar surface area (TPSA) is 72.0 Å². The maximum Gasteiger partial charge on any atom is 0.573 e. The first-order valence-corrected chi connectivity index (χ1v) is 9.68. The highest BCUT2D eigenvalue weighted by Crippen LogP contribution is 2.31. The van der Waals surface area contributed by atoms with Gasteiger partial charge in [-0.05, 0) is 29.5 Å². The van der Waals surface area contributed by atoms with Crippen LogP contribution in [0.2, 0.25) is 0 Å². The molecule has 0 bridgehead atoms. The van der Waals surface area contributed by atoms with Crippen LogP contribution in [0.15, 0.2) is 65.5 Å². The van der Waals surface area contributed by atoms with Gasteiger partial charge in [-0.3, -0.25) is 9.59 Å². The molecule has 0 aliphatic heterocycles. The van der Waals surface area contributed by atoms with Gasteiger partial charge in [0.25, 0.3) is 5.56 Å². The first kappa shape index (κ1) is 22.3. The number of halogens is 3. The molecule has 0 amide bonds. The number of hydrogen-bond acceptors (Lipinski definition) is 4. The van der Waals surface area contributed by atoms with Crippen LogP contribution in [0.1, 0.15) is 42.2 Å². The van der Waals surface area contributed by atoms with E-state index in [4.69, 9.17) is 0 Å². The van der Waals surface area contributed by atoms with Gasteiger partial charge in [-0.25, -0.2) is 4.98 Å². The van der Waals surface area contributed by atoms with Crippen LogP contribution in [-0.2, 0) is 0 Å². The summed E-state index contributed by atoms with van der Waals surface area (Å²) in [5.41, 5.74) is 0.984. The van der Waals surface area contributed by atoms with E-state index in [-0.39, 0.29) is 35.5 Å². The molecular formula is C23H21F3N2O3. The van der Waals surface area contributed by atoms with Gasteiger partial charge >= 0.3 is 6.36 Å². The van der Waals surface area contributed by atoms with Gasteiger partial charge in [0.1, 0.15) is 17.3 Å². The summed E-state index contributed by atoms with van der Waals surface area (Å²) in [6.45, 7) is 3.83. The van der Waals surface area contributed by atoms with Gasteiger partial charge in [0.15, 0.2) is 5.78 Å². The number of aromatic amines is 1. The Morgan fingerprint density at radius 1 is 1.06 bits per heavy atom. The lowest BCUT2D eigenvalue weighted by atomic mass is 9.84. The number of H-pyrrole nitrogens is 1. The number of carbonyl (C=O) groups excluding carboxylic acids is 1. The second-order valence-electron chi connectivity index (χ2n) is 7.44. The molecule has 0 unspecified atom stereocenters. The fraction of sp³-hybridized carbons (Fsp3) is 0.261. The number of ketones is 1. The van der Waals surface area contributed by atoms with Crippen molar-refractivity contribution in [2.24, 2.45) is 5.92 Å². The molecule has 162 valence electrons. The van der Waals surface area contributed by atoms with Crippen molar-refractivity contribution in [1.29, 1.82) is 0 Å². The molecule has 8 heteroatoms. The average Bonchev–Trinajstić information content (AvgIpc) is 2.71. The van der Waals surface area contributed by atoms with Crippen molar-refractivity contribution < 1.29 is 22.7 Å². The lowest BCUT2D eigenvalue weighted by molar-refractivity contribution is -0.274. The minimum atomic E-state index is -4.77. The van der Waals surface area contributed by atoms with Crippen molar-refractivity contribution in [1.82, 2.24) is 9.97 Å². The van der Waals surface area contributed by atoms with E-state index in [2.05, 4.69) is 14.7 Å². The monoisotopic (exact) mass is 430 g/mol. The molecule has 0 aliphatic rings.